The molecular formula is C45H37N3O5. The van der Waals surface area contributed by atoms with E-state index in [4.69, 9.17) is 0 Å². The number of hydrogen-bond acceptors (Lipinski definition) is 6. The topological polar surface area (TPSA) is 107 Å². The van der Waals surface area contributed by atoms with Gasteiger partial charge in [-0.3, -0.25) is 29.5 Å². The maximum atomic E-state index is 15.5. The third kappa shape index (κ3) is 4.68. The molecule has 2 aliphatic heterocycles. The summed E-state index contributed by atoms with van der Waals surface area (Å²) < 4.78 is 0. The molecule has 4 amide bonds. The van der Waals surface area contributed by atoms with Gasteiger partial charge in [0.05, 0.1) is 34.5 Å². The van der Waals surface area contributed by atoms with Crippen LogP contribution in [0.5, 0.6) is 5.75 Å². The number of phenolic OH excluding ortho intramolecular Hbond substituents is 1. The fourth-order valence-corrected chi connectivity index (χ4v) is 9.66. The molecule has 2 saturated heterocycles. The Balaban J connectivity index is 1.26. The maximum Gasteiger partial charge on any atom is 0.260 e. The lowest BCUT2D eigenvalue weighted by Gasteiger charge is -2.51. The predicted molar refractivity (Wildman–Crippen MR) is 203 cm³/mol. The van der Waals surface area contributed by atoms with E-state index in [0.29, 0.717) is 28.7 Å². The van der Waals surface area contributed by atoms with E-state index < -0.39 is 35.0 Å². The lowest BCUT2D eigenvalue weighted by Crippen LogP contribution is -2.53. The number of benzene rings is 5. The van der Waals surface area contributed by atoms with E-state index >= 15 is 4.79 Å². The van der Waals surface area contributed by atoms with Crippen LogP contribution in [0.1, 0.15) is 41.0 Å². The van der Waals surface area contributed by atoms with Gasteiger partial charge in [-0.05, 0) is 78.1 Å². The summed E-state index contributed by atoms with van der Waals surface area (Å²) in [6.07, 6.45) is 4.28. The first-order chi connectivity index (χ1) is 25.7. The largest absolute Gasteiger partial charge is 0.507 e. The molecule has 53 heavy (non-hydrogen) atoms. The quantitative estimate of drug-likeness (QED) is 0.139. The fraction of sp³-hybridized carbons (Fsp3) is 0.200. The molecule has 2 aliphatic carbocycles. The summed E-state index contributed by atoms with van der Waals surface area (Å²) in [6.45, 7) is 5.79. The molecule has 8 nitrogen and oxygen atoms in total. The zero-order chi connectivity index (χ0) is 36.6. The first kappa shape index (κ1) is 32.6. The molecule has 4 aliphatic rings. The number of nitrogens with zero attached hydrogens (tertiary/aromatic N) is 2. The number of anilines is 2. The summed E-state index contributed by atoms with van der Waals surface area (Å²) in [5.74, 6) is -4.64. The number of aromatic hydroxyl groups is 1. The van der Waals surface area contributed by atoms with Gasteiger partial charge >= 0.3 is 0 Å². The molecule has 6 atom stereocenters. The highest BCUT2D eigenvalue weighted by molar-refractivity contribution is 6.22. The van der Waals surface area contributed by atoms with Crippen LogP contribution < -0.4 is 10.3 Å². The van der Waals surface area contributed by atoms with Crippen molar-refractivity contribution in [2.45, 2.75) is 31.1 Å². The summed E-state index contributed by atoms with van der Waals surface area (Å²) in [6, 6.07) is 35.2. The minimum Gasteiger partial charge on any atom is -0.507 e. The molecule has 0 unspecified atom stereocenters. The number of allylic oxidation sites excluding steroid dienone is 2. The number of rotatable bonds is 6. The first-order valence-corrected chi connectivity index (χ1v) is 18.0. The molecule has 3 fully saturated rings. The Kier molecular flexibility index (Phi) is 7.48. The lowest BCUT2D eigenvalue weighted by molar-refractivity contribution is -0.138. The normalized spacial score (nSPS) is 26.3. The Labute approximate surface area is 307 Å². The van der Waals surface area contributed by atoms with E-state index in [1.807, 2.05) is 104 Å². The van der Waals surface area contributed by atoms with Crippen molar-refractivity contribution in [3.8, 4) is 5.75 Å². The average Bonchev–Trinajstić information content (AvgIpc) is 3.57. The molecular weight excluding hydrogens is 663 g/mol. The van der Waals surface area contributed by atoms with Gasteiger partial charge in [0.25, 0.3) is 11.8 Å². The van der Waals surface area contributed by atoms with Gasteiger partial charge in [-0.2, -0.15) is 5.01 Å². The van der Waals surface area contributed by atoms with Gasteiger partial charge < -0.3 is 5.11 Å². The van der Waals surface area contributed by atoms with E-state index in [1.165, 1.54) is 9.91 Å². The number of carbonyl (C=O) groups is 4. The van der Waals surface area contributed by atoms with E-state index in [9.17, 15) is 19.5 Å². The lowest BCUT2D eigenvalue weighted by atomic mass is 9.49. The number of imide groups is 2. The zero-order valence-electron chi connectivity index (χ0n) is 29.1. The Morgan fingerprint density at radius 1 is 0.774 bits per heavy atom. The zero-order valence-corrected chi connectivity index (χ0v) is 29.1. The molecule has 8 heteroatoms. The van der Waals surface area contributed by atoms with Crippen molar-refractivity contribution in [1.82, 2.24) is 5.01 Å². The average molecular weight is 700 g/mol. The minimum absolute atomic E-state index is 0.103. The van der Waals surface area contributed by atoms with Crippen molar-refractivity contribution in [2.24, 2.45) is 23.7 Å². The van der Waals surface area contributed by atoms with Crippen LogP contribution in [-0.4, -0.2) is 33.7 Å². The van der Waals surface area contributed by atoms with Gasteiger partial charge in [-0.1, -0.05) is 115 Å². The highest BCUT2D eigenvalue weighted by Gasteiger charge is 2.70. The summed E-state index contributed by atoms with van der Waals surface area (Å²) in [7, 11) is 0. The molecule has 2 N–H and O–H groups in total. The summed E-state index contributed by atoms with van der Waals surface area (Å²) in [5.41, 5.74) is 7.08. The number of phenols is 1. The number of nitrogens with one attached hydrogen (secondary N) is 1. The first-order valence-electron chi connectivity index (χ1n) is 18.0. The van der Waals surface area contributed by atoms with E-state index in [2.05, 4.69) is 18.1 Å². The number of carbonyl (C=O) groups excluding carboxylic acids is 4. The molecule has 9 rings (SSSR count). The van der Waals surface area contributed by atoms with Crippen LogP contribution in [0.2, 0.25) is 0 Å². The van der Waals surface area contributed by atoms with Gasteiger partial charge in [0.15, 0.2) is 0 Å². The number of amides is 4. The highest BCUT2D eigenvalue weighted by atomic mass is 16.3. The molecule has 0 aromatic heterocycles. The summed E-state index contributed by atoms with van der Waals surface area (Å²) >= 11 is 0. The standard InChI is InChI=1S/C45H37N3O5/c1-3-27-15-19-30(20-16-27)47-41(50)35-22-21-34-36(39(35)43(47)52)25-37-42(51)48(46-29-17-13-26(2)14-18-29)44(53)45(37,28-9-5-4-6-10-28)40(34)33-23-24-38(49)32-12-8-7-11-31(32)33/h3-21,23-24,35-37,39-40,46,49H,1,22,25H2,2H3/t35-,36+,37-,39-,40-,45+/m0/s1. The number of aryl methyl sites for hydroxylation is 1. The van der Waals surface area contributed by atoms with E-state index in [-0.39, 0.29) is 35.8 Å². The highest BCUT2D eigenvalue weighted by Crippen LogP contribution is 2.65. The van der Waals surface area contributed by atoms with Gasteiger partial charge in [-0.15, -0.1) is 0 Å². The number of hydrogen-bond donors (Lipinski definition) is 2. The summed E-state index contributed by atoms with van der Waals surface area (Å²) in [5, 5.41) is 13.6. The van der Waals surface area contributed by atoms with Crippen LogP contribution >= 0.6 is 0 Å². The SMILES string of the molecule is C=Cc1ccc(N2C(=O)[C@H]3[C@H](CC=C4[C@H]3C[C@H]3C(=O)N(Nc5ccc(C)cc5)C(=O)[C@@]3(c3ccccc3)[C@H]4c3ccc(O)c4ccccc34)C2=O)cc1. The molecule has 5 aromatic carbocycles. The summed E-state index contributed by atoms with van der Waals surface area (Å²) in [4.78, 5) is 60.5. The van der Waals surface area contributed by atoms with Crippen molar-refractivity contribution in [2.75, 3.05) is 10.3 Å². The maximum absolute atomic E-state index is 15.5. The van der Waals surface area contributed by atoms with E-state index in [1.54, 1.807) is 24.3 Å². The molecule has 1 saturated carbocycles. The number of hydrazine groups is 1. The molecule has 0 bridgehead atoms. The molecule has 0 spiro atoms. The second-order valence-electron chi connectivity index (χ2n) is 14.6. The van der Waals surface area contributed by atoms with Crippen molar-refractivity contribution < 1.29 is 24.3 Å². The van der Waals surface area contributed by atoms with Crippen LogP contribution in [0.25, 0.3) is 16.8 Å². The van der Waals surface area contributed by atoms with Crippen molar-refractivity contribution in [3.05, 3.63) is 156 Å². The van der Waals surface area contributed by atoms with Crippen molar-refractivity contribution in [3.63, 3.8) is 0 Å². The third-order valence-electron chi connectivity index (χ3n) is 12.0. The predicted octanol–water partition coefficient (Wildman–Crippen LogP) is 7.69. The Morgan fingerprint density at radius 2 is 1.47 bits per heavy atom. The minimum atomic E-state index is -1.41. The van der Waals surface area contributed by atoms with Crippen molar-refractivity contribution in [1.29, 1.82) is 0 Å². The Hall–Kier alpha value is -6.28. The Morgan fingerprint density at radius 3 is 2.19 bits per heavy atom. The van der Waals surface area contributed by atoms with Gasteiger partial charge in [0.1, 0.15) is 5.75 Å². The smallest absolute Gasteiger partial charge is 0.260 e. The van der Waals surface area contributed by atoms with Crippen LogP contribution in [0.15, 0.2) is 133 Å². The van der Waals surface area contributed by atoms with Crippen LogP contribution in [-0.2, 0) is 24.6 Å². The monoisotopic (exact) mass is 699 g/mol. The third-order valence-corrected chi connectivity index (χ3v) is 12.0. The van der Waals surface area contributed by atoms with Crippen LogP contribution in [0.4, 0.5) is 11.4 Å². The fourth-order valence-electron chi connectivity index (χ4n) is 9.66. The van der Waals surface area contributed by atoms with Crippen LogP contribution in [0, 0.1) is 30.6 Å². The second-order valence-corrected chi connectivity index (χ2v) is 14.6. The molecule has 262 valence electrons. The number of fused-ring (bicyclic) bond motifs is 5. The molecule has 5 aromatic rings. The molecule has 0 radical (unpaired) electrons. The van der Waals surface area contributed by atoms with Gasteiger partial charge in [0.2, 0.25) is 11.8 Å². The second kappa shape index (κ2) is 12.2. The van der Waals surface area contributed by atoms with Crippen molar-refractivity contribution >= 4 is 51.9 Å². The van der Waals surface area contributed by atoms with E-state index in [0.717, 1.165) is 27.6 Å². The van der Waals surface area contributed by atoms with Gasteiger partial charge in [0, 0.05) is 11.3 Å². The molecule has 2 heterocycles. The Bertz CT molecular complexity index is 2390. The van der Waals surface area contributed by atoms with Gasteiger partial charge in [-0.25, -0.2) is 0 Å². The van der Waals surface area contributed by atoms with Crippen LogP contribution in [0.3, 0.4) is 0 Å².